The smallest absolute Gasteiger partial charge is 0.743 e. The van der Waals surface area contributed by atoms with Crippen LogP contribution in [0.4, 0.5) is 52.7 Å². The largest absolute Gasteiger partial charge is 1.00 e. The Hall–Kier alpha value is -0.333. The van der Waals surface area contributed by atoms with Crippen molar-refractivity contribution in [1.82, 2.24) is 0 Å². The molecule has 0 aromatic carbocycles. The van der Waals surface area contributed by atoms with Crippen LogP contribution in [0.5, 0.6) is 0 Å². The second-order valence-electron chi connectivity index (χ2n) is 4.03. The van der Waals surface area contributed by atoms with E-state index >= 15 is 0 Å². The predicted molar refractivity (Wildman–Crippen MR) is 45.1 cm³/mol. The van der Waals surface area contributed by atoms with Crippen LogP contribution in [0.15, 0.2) is 0 Å². The van der Waals surface area contributed by atoms with Crippen LogP contribution in [-0.4, -0.2) is 48.3 Å². The molecule has 0 aromatic heterocycles. The van der Waals surface area contributed by atoms with Crippen LogP contribution >= 0.6 is 0 Å². The van der Waals surface area contributed by atoms with Gasteiger partial charge in [0.25, 0.3) is 0 Å². The number of halogens is 12. The van der Waals surface area contributed by atoms with E-state index in [9.17, 15) is 65.7 Å². The maximum Gasteiger partial charge on any atom is 1.00 e. The Labute approximate surface area is 137 Å². The summed E-state index contributed by atoms with van der Waals surface area (Å²) in [5.74, 6) is -22.4. The van der Waals surface area contributed by atoms with Crippen molar-refractivity contribution in [3.8, 4) is 0 Å². The molecule has 0 spiro atoms. The van der Waals surface area contributed by atoms with Gasteiger partial charge >= 0.3 is 48.1 Å². The Bertz CT molecular complexity index is 541. The fourth-order valence-electron chi connectivity index (χ4n) is 1.08. The standard InChI is InChI=1S/C7H4F12O3S.Li/c8-2(1-3(9,10)11)4(12,13)5(14,15)6(16,17)7(18,19)23(20,21)22;/h2H,1H2,(H,20,21,22);/q;+1/p-1. The van der Waals surface area contributed by atoms with Gasteiger partial charge in [0.15, 0.2) is 16.3 Å². The van der Waals surface area contributed by atoms with Gasteiger partial charge in [0.2, 0.25) is 0 Å². The molecular weight excluding hydrogens is 399 g/mol. The second kappa shape index (κ2) is 6.76. The molecule has 140 valence electrons. The van der Waals surface area contributed by atoms with Gasteiger partial charge < -0.3 is 4.55 Å². The molecule has 3 nitrogen and oxygen atoms in total. The van der Waals surface area contributed by atoms with E-state index in [2.05, 4.69) is 0 Å². The van der Waals surface area contributed by atoms with Crippen LogP contribution in [0.2, 0.25) is 0 Å². The van der Waals surface area contributed by atoms with Gasteiger partial charge in [0, 0.05) is 0 Å². The topological polar surface area (TPSA) is 57.2 Å². The normalized spacial score (nSPS) is 16.5. The molecule has 0 radical (unpaired) electrons. The summed E-state index contributed by atoms with van der Waals surface area (Å²) in [6.45, 7) is 0. The number of alkyl halides is 12. The van der Waals surface area contributed by atoms with Crippen LogP contribution < -0.4 is 18.9 Å². The fourth-order valence-corrected chi connectivity index (χ4v) is 1.52. The maximum absolute atomic E-state index is 12.8. The average molecular weight is 402 g/mol. The zero-order valence-electron chi connectivity index (χ0n) is 11.0. The van der Waals surface area contributed by atoms with E-state index in [1.807, 2.05) is 0 Å². The average Bonchev–Trinajstić information content (AvgIpc) is 2.23. The number of hydrogen-bond acceptors (Lipinski definition) is 3. The summed E-state index contributed by atoms with van der Waals surface area (Å²) in [6.07, 6.45) is -14.5. The van der Waals surface area contributed by atoms with E-state index in [1.165, 1.54) is 0 Å². The van der Waals surface area contributed by atoms with Crippen molar-refractivity contribution in [3.05, 3.63) is 0 Å². The molecule has 0 saturated heterocycles. The zero-order chi connectivity index (χ0) is 19.3. The molecule has 0 N–H and O–H groups in total. The first-order chi connectivity index (χ1) is 9.63. The van der Waals surface area contributed by atoms with Gasteiger partial charge in [-0.2, -0.15) is 48.3 Å². The van der Waals surface area contributed by atoms with Crippen LogP contribution in [0.25, 0.3) is 0 Å². The second-order valence-corrected chi connectivity index (χ2v) is 5.45. The van der Waals surface area contributed by atoms with Crippen molar-refractivity contribution in [1.29, 1.82) is 0 Å². The first-order valence-corrected chi connectivity index (χ1v) is 6.21. The molecule has 17 heteroatoms. The van der Waals surface area contributed by atoms with Gasteiger partial charge in [-0.05, 0) is 0 Å². The van der Waals surface area contributed by atoms with Crippen LogP contribution in [0.1, 0.15) is 6.42 Å². The third-order valence-electron chi connectivity index (χ3n) is 2.30. The summed E-state index contributed by atoms with van der Waals surface area (Å²) in [6, 6.07) is 0. The Kier molecular flexibility index (Phi) is 7.30. The Morgan fingerprint density at radius 2 is 1.12 bits per heavy atom. The van der Waals surface area contributed by atoms with Gasteiger partial charge in [-0.15, -0.1) is 0 Å². The molecule has 1 atom stereocenters. The molecule has 0 fully saturated rings. The van der Waals surface area contributed by atoms with E-state index in [0.717, 1.165) is 0 Å². The van der Waals surface area contributed by atoms with Gasteiger partial charge in [0.1, 0.15) is 0 Å². The summed E-state index contributed by atoms with van der Waals surface area (Å²) in [5.41, 5.74) is 0. The molecule has 0 heterocycles. The van der Waals surface area contributed by atoms with E-state index in [1.54, 1.807) is 0 Å². The first-order valence-electron chi connectivity index (χ1n) is 4.80. The molecule has 0 amide bonds. The molecule has 0 aliphatic heterocycles. The summed E-state index contributed by atoms with van der Waals surface area (Å²) >= 11 is 0. The predicted octanol–water partition coefficient (Wildman–Crippen LogP) is 0.325. The van der Waals surface area contributed by atoms with Crippen molar-refractivity contribution in [2.45, 2.75) is 41.8 Å². The minimum absolute atomic E-state index is 0. The molecular formula is C7H3F12LiO3S. The number of hydrogen-bond donors (Lipinski definition) is 0. The molecule has 0 bridgehead atoms. The minimum Gasteiger partial charge on any atom is -0.743 e. The van der Waals surface area contributed by atoms with Crippen LogP contribution in [0, 0.1) is 0 Å². The maximum atomic E-state index is 12.8. The monoisotopic (exact) mass is 402 g/mol. The summed E-state index contributed by atoms with van der Waals surface area (Å²) in [5, 5.41) is -7.36. The fraction of sp³-hybridized carbons (Fsp3) is 1.00. The van der Waals surface area contributed by atoms with Crippen molar-refractivity contribution >= 4 is 10.1 Å². The summed E-state index contributed by atoms with van der Waals surface area (Å²) in [7, 11) is -7.66. The molecule has 0 aromatic rings. The van der Waals surface area contributed by atoms with E-state index in [0.29, 0.717) is 0 Å². The van der Waals surface area contributed by atoms with Crippen molar-refractivity contribution in [2.75, 3.05) is 0 Å². The SMILES string of the molecule is O=S(=O)([O-])C(F)(F)C(F)(F)C(F)(F)C(F)(F)C(F)CC(F)(F)F.[Li+]. The van der Waals surface area contributed by atoms with Gasteiger partial charge in [-0.1, -0.05) is 0 Å². The van der Waals surface area contributed by atoms with Crippen molar-refractivity contribution < 1.29 is 84.5 Å². The minimum atomic E-state index is -7.71. The first kappa shape index (κ1) is 25.9. The van der Waals surface area contributed by atoms with E-state index in [-0.39, 0.29) is 18.9 Å². The summed E-state index contributed by atoms with van der Waals surface area (Å²) in [4.78, 5) is 0. The molecule has 0 aliphatic carbocycles. The third-order valence-corrected chi connectivity index (χ3v) is 3.18. The van der Waals surface area contributed by atoms with Crippen molar-refractivity contribution in [3.63, 3.8) is 0 Å². The van der Waals surface area contributed by atoms with Crippen LogP contribution in [-0.2, 0) is 10.1 Å². The van der Waals surface area contributed by atoms with Gasteiger partial charge in [0.05, 0.1) is 6.42 Å². The van der Waals surface area contributed by atoms with Crippen molar-refractivity contribution in [2.24, 2.45) is 0 Å². The number of rotatable bonds is 6. The van der Waals surface area contributed by atoms with E-state index in [4.69, 9.17) is 0 Å². The Morgan fingerprint density at radius 1 is 0.792 bits per heavy atom. The van der Waals surface area contributed by atoms with E-state index < -0.39 is 51.9 Å². The van der Waals surface area contributed by atoms with Gasteiger partial charge in [-0.25, -0.2) is 12.8 Å². The molecule has 24 heavy (non-hydrogen) atoms. The van der Waals surface area contributed by atoms with Gasteiger partial charge in [-0.3, -0.25) is 0 Å². The summed E-state index contributed by atoms with van der Waals surface area (Å²) < 4.78 is 179. The molecule has 0 saturated carbocycles. The van der Waals surface area contributed by atoms with Crippen LogP contribution in [0.3, 0.4) is 0 Å². The molecule has 1 unspecified atom stereocenters. The molecule has 0 aliphatic rings. The quantitative estimate of drug-likeness (QED) is 0.366. The Balaban J connectivity index is 0. The Morgan fingerprint density at radius 3 is 1.38 bits per heavy atom. The zero-order valence-corrected chi connectivity index (χ0v) is 11.8. The molecule has 0 rings (SSSR count). The third kappa shape index (κ3) is 4.25.